The van der Waals surface area contributed by atoms with Crippen molar-refractivity contribution in [1.82, 2.24) is 15.6 Å². The van der Waals surface area contributed by atoms with Gasteiger partial charge in [0.1, 0.15) is 0 Å². The Morgan fingerprint density at radius 1 is 1.32 bits per heavy atom. The van der Waals surface area contributed by atoms with Gasteiger partial charge in [-0.05, 0) is 43.2 Å². The highest BCUT2D eigenvalue weighted by molar-refractivity contribution is 5.87. The molecule has 8 heteroatoms. The predicted molar refractivity (Wildman–Crippen MR) is 89.9 cm³/mol. The Bertz CT molecular complexity index is 658. The fourth-order valence-electron chi connectivity index (χ4n) is 3.10. The smallest absolute Gasteiger partial charge is 0.335 e. The third-order valence-corrected chi connectivity index (χ3v) is 4.35. The number of rotatable bonds is 7. The lowest BCUT2D eigenvalue weighted by Crippen LogP contribution is -2.39. The second-order valence-electron chi connectivity index (χ2n) is 6.24. The lowest BCUT2D eigenvalue weighted by molar-refractivity contribution is 0.0696. The summed E-state index contributed by atoms with van der Waals surface area (Å²) >= 11 is 0. The molecule has 3 N–H and O–H groups in total. The minimum absolute atomic E-state index is 0.137. The normalized spacial score (nSPS) is 19.5. The van der Waals surface area contributed by atoms with Crippen LogP contribution in [0, 0.1) is 11.8 Å². The summed E-state index contributed by atoms with van der Waals surface area (Å²) in [6.07, 6.45) is 7.09. The van der Waals surface area contributed by atoms with E-state index in [2.05, 4.69) is 20.6 Å². The molecule has 1 aliphatic carbocycles. The zero-order valence-corrected chi connectivity index (χ0v) is 13.9. The molecule has 2 rings (SSSR count). The van der Waals surface area contributed by atoms with Crippen LogP contribution >= 0.6 is 0 Å². The van der Waals surface area contributed by atoms with Crippen LogP contribution in [0.5, 0.6) is 0 Å². The molecule has 0 bridgehead atoms. The molecule has 2 amide bonds. The third kappa shape index (κ3) is 6.35. The number of carboxylic acid groups (broad SMARTS) is 1. The Hall–Kier alpha value is -2.73. The van der Waals surface area contributed by atoms with Gasteiger partial charge in [0.05, 0.1) is 24.3 Å². The summed E-state index contributed by atoms with van der Waals surface area (Å²) in [4.78, 5) is 40.7. The number of carbonyl (C=O) groups is 2. The molecule has 1 saturated carbocycles. The number of carboxylic acids is 1. The van der Waals surface area contributed by atoms with E-state index in [1.54, 1.807) is 6.08 Å². The lowest BCUT2D eigenvalue weighted by Gasteiger charge is -2.28. The van der Waals surface area contributed by atoms with Crippen LogP contribution in [-0.2, 0) is 11.3 Å². The van der Waals surface area contributed by atoms with Crippen molar-refractivity contribution in [2.45, 2.75) is 32.2 Å². The number of carbonyl (C=O) groups excluding carboxylic acids is 2. The molecule has 134 valence electrons. The van der Waals surface area contributed by atoms with Crippen molar-refractivity contribution in [3.8, 4) is 0 Å². The maximum Gasteiger partial charge on any atom is 0.335 e. The van der Waals surface area contributed by atoms with Crippen LogP contribution in [0.25, 0.3) is 0 Å². The van der Waals surface area contributed by atoms with Crippen LogP contribution in [0.15, 0.2) is 23.3 Å². The maximum atomic E-state index is 11.9. The van der Waals surface area contributed by atoms with Crippen molar-refractivity contribution >= 4 is 18.1 Å². The first kappa shape index (κ1) is 18.6. The Balaban J connectivity index is 1.72. The summed E-state index contributed by atoms with van der Waals surface area (Å²) in [7, 11) is 0. The Morgan fingerprint density at radius 2 is 2.12 bits per heavy atom. The fraction of sp³-hybridized carbons (Fsp3) is 0.529. The van der Waals surface area contributed by atoms with Gasteiger partial charge in [-0.15, -0.1) is 0 Å². The van der Waals surface area contributed by atoms with Crippen molar-refractivity contribution in [3.05, 3.63) is 29.6 Å². The van der Waals surface area contributed by atoms with Gasteiger partial charge < -0.3 is 15.7 Å². The lowest BCUT2D eigenvalue weighted by atomic mass is 9.81. The van der Waals surface area contributed by atoms with E-state index in [9.17, 15) is 14.4 Å². The molecule has 1 fully saturated rings. The van der Waals surface area contributed by atoms with Crippen LogP contribution in [0.2, 0.25) is 0 Å². The molecule has 8 nitrogen and oxygen atoms in total. The molecule has 1 heterocycles. The molecule has 0 spiro atoms. The van der Waals surface area contributed by atoms with E-state index >= 15 is 0 Å². The summed E-state index contributed by atoms with van der Waals surface area (Å²) in [6, 6.07) is 2.53. The highest BCUT2D eigenvalue weighted by Crippen LogP contribution is 2.28. The summed E-state index contributed by atoms with van der Waals surface area (Å²) in [5.41, 5.74) is 0.623. The number of hydrogen-bond acceptors (Lipinski definition) is 5. The monoisotopic (exact) mass is 346 g/mol. The molecule has 0 saturated heterocycles. The second-order valence-corrected chi connectivity index (χ2v) is 6.24. The van der Waals surface area contributed by atoms with Crippen molar-refractivity contribution in [2.24, 2.45) is 16.8 Å². The number of amides is 2. The molecule has 0 aromatic carbocycles. The number of aromatic carboxylic acids is 1. The first-order valence-corrected chi connectivity index (χ1v) is 8.32. The number of nitrogens with one attached hydrogen (secondary N) is 2. The van der Waals surface area contributed by atoms with E-state index in [1.807, 2.05) is 0 Å². The Kier molecular flexibility index (Phi) is 7.10. The van der Waals surface area contributed by atoms with Crippen molar-refractivity contribution in [3.63, 3.8) is 0 Å². The first-order valence-electron chi connectivity index (χ1n) is 8.32. The van der Waals surface area contributed by atoms with Gasteiger partial charge in [-0.25, -0.2) is 19.4 Å². The molecule has 1 aromatic heterocycles. The van der Waals surface area contributed by atoms with Gasteiger partial charge in [0.2, 0.25) is 6.08 Å². The Labute approximate surface area is 145 Å². The highest BCUT2D eigenvalue weighted by Gasteiger charge is 2.22. The van der Waals surface area contributed by atoms with Crippen molar-refractivity contribution in [1.29, 1.82) is 0 Å². The molecule has 25 heavy (non-hydrogen) atoms. The van der Waals surface area contributed by atoms with Crippen LogP contribution < -0.4 is 10.6 Å². The zero-order valence-electron chi connectivity index (χ0n) is 13.9. The number of urea groups is 1. The molecule has 1 aliphatic rings. The standard InChI is InChI=1S/C17H22N4O4/c22-11-18-8-12-2-1-3-13(6-12)9-20-17(25)21-10-15-7-14(16(23)24)4-5-19-15/h4-5,7,12-13H,1-3,6,8-10H2,(H,23,24)(H2,20,21,25). The molecular formula is C17H22N4O4. The Morgan fingerprint density at radius 3 is 2.88 bits per heavy atom. The van der Waals surface area contributed by atoms with Crippen LogP contribution in [0.3, 0.4) is 0 Å². The zero-order chi connectivity index (χ0) is 18.1. The van der Waals surface area contributed by atoms with Crippen LogP contribution in [-0.4, -0.2) is 41.3 Å². The topological polar surface area (TPSA) is 121 Å². The second kappa shape index (κ2) is 9.54. The molecule has 2 atom stereocenters. The first-order chi connectivity index (χ1) is 12.1. The largest absolute Gasteiger partial charge is 0.478 e. The van der Waals surface area contributed by atoms with Gasteiger partial charge >= 0.3 is 12.0 Å². The third-order valence-electron chi connectivity index (χ3n) is 4.35. The van der Waals surface area contributed by atoms with Gasteiger partial charge in [0.25, 0.3) is 0 Å². The number of isocyanates is 1. The number of aromatic nitrogens is 1. The summed E-state index contributed by atoms with van der Waals surface area (Å²) in [5.74, 6) is -0.272. The van der Waals surface area contributed by atoms with E-state index in [1.165, 1.54) is 18.3 Å². The van der Waals surface area contributed by atoms with E-state index in [0.29, 0.717) is 30.6 Å². The summed E-state index contributed by atoms with van der Waals surface area (Å²) in [5, 5.41) is 14.4. The number of hydrogen-bond donors (Lipinski definition) is 3. The number of pyridine rings is 1. The van der Waals surface area contributed by atoms with Gasteiger partial charge in [-0.2, -0.15) is 0 Å². The molecule has 1 aromatic rings. The highest BCUT2D eigenvalue weighted by atomic mass is 16.4. The molecular weight excluding hydrogens is 324 g/mol. The van der Waals surface area contributed by atoms with E-state index in [-0.39, 0.29) is 18.1 Å². The fourth-order valence-corrected chi connectivity index (χ4v) is 3.10. The maximum absolute atomic E-state index is 11.9. The predicted octanol–water partition coefficient (Wildman–Crippen LogP) is 1.72. The van der Waals surface area contributed by atoms with Crippen molar-refractivity contribution in [2.75, 3.05) is 13.1 Å². The van der Waals surface area contributed by atoms with E-state index < -0.39 is 5.97 Å². The van der Waals surface area contributed by atoms with Gasteiger partial charge in [-0.3, -0.25) is 4.98 Å². The van der Waals surface area contributed by atoms with Crippen LogP contribution in [0.4, 0.5) is 4.79 Å². The quantitative estimate of drug-likeness (QED) is 0.513. The average molecular weight is 346 g/mol. The van der Waals surface area contributed by atoms with Crippen LogP contribution in [0.1, 0.15) is 41.7 Å². The molecule has 0 aliphatic heterocycles. The minimum Gasteiger partial charge on any atom is -0.478 e. The molecule has 0 radical (unpaired) electrons. The SMILES string of the molecule is O=C=NCC1CCCC(CNC(=O)NCc2cc(C(=O)O)ccn2)C1. The summed E-state index contributed by atoms with van der Waals surface area (Å²) < 4.78 is 0. The van der Waals surface area contributed by atoms with Gasteiger partial charge in [0.15, 0.2) is 0 Å². The minimum atomic E-state index is -1.03. The van der Waals surface area contributed by atoms with E-state index in [4.69, 9.17) is 5.11 Å². The average Bonchev–Trinajstić information content (AvgIpc) is 2.63. The van der Waals surface area contributed by atoms with Gasteiger partial charge in [0, 0.05) is 12.7 Å². The summed E-state index contributed by atoms with van der Waals surface area (Å²) in [6.45, 7) is 1.24. The van der Waals surface area contributed by atoms with Crippen molar-refractivity contribution < 1.29 is 19.5 Å². The number of aliphatic imine (C=N–C) groups is 1. The number of nitrogens with zero attached hydrogens (tertiary/aromatic N) is 2. The van der Waals surface area contributed by atoms with Gasteiger partial charge in [-0.1, -0.05) is 6.42 Å². The molecule has 2 unspecified atom stereocenters. The van der Waals surface area contributed by atoms with E-state index in [0.717, 1.165) is 25.7 Å².